The van der Waals surface area contributed by atoms with E-state index in [1.807, 2.05) is 6.20 Å². The molecule has 1 unspecified atom stereocenters. The van der Waals surface area contributed by atoms with Crippen LogP contribution in [0.2, 0.25) is 0 Å². The minimum atomic E-state index is 0.283. The van der Waals surface area contributed by atoms with E-state index in [1.165, 1.54) is 49.2 Å². The third kappa shape index (κ3) is 2.78. The zero-order valence-corrected chi connectivity index (χ0v) is 17.0. The smallest absolute Gasteiger partial charge is 0.157 e. The maximum absolute atomic E-state index is 4.96. The molecule has 6 rings (SSSR count). The normalized spacial score (nSPS) is 24.3. The molecule has 29 heavy (non-hydrogen) atoms. The van der Waals surface area contributed by atoms with E-state index >= 15 is 0 Å². The van der Waals surface area contributed by atoms with Gasteiger partial charge in [0.1, 0.15) is 5.82 Å². The molecule has 2 aromatic heterocycles. The van der Waals surface area contributed by atoms with Gasteiger partial charge in [-0.15, -0.1) is 0 Å². The number of aromatic nitrogens is 3. The number of fused-ring (bicyclic) bond motifs is 4. The lowest BCUT2D eigenvalue weighted by Crippen LogP contribution is -2.49. The lowest BCUT2D eigenvalue weighted by atomic mass is 9.66. The Bertz CT molecular complexity index is 1050. The van der Waals surface area contributed by atoms with Crippen molar-refractivity contribution in [3.63, 3.8) is 0 Å². The highest BCUT2D eigenvalue weighted by molar-refractivity contribution is 5.59. The standard InChI is InChI=1S/C24H29N5/c1-2-7-20-18(5-1)6-3-11-24(20)12-4-16-28(17-24)23-19-8-13-25-14-9-21(19)27-22-10-15-26-29(22)23/h1-2,5,7,10,15,25H,3-4,6,8-9,11-14,16-17H2. The number of nitrogens with zero attached hydrogens (tertiary/aromatic N) is 4. The number of hydrogen-bond acceptors (Lipinski definition) is 4. The first-order valence-corrected chi connectivity index (χ1v) is 11.2. The van der Waals surface area contributed by atoms with Gasteiger partial charge in [0.15, 0.2) is 5.65 Å². The van der Waals surface area contributed by atoms with Crippen LogP contribution in [0.3, 0.4) is 0 Å². The molecule has 0 saturated carbocycles. The molecule has 0 bridgehead atoms. The minimum Gasteiger partial charge on any atom is -0.355 e. The van der Waals surface area contributed by atoms with Crippen LogP contribution in [-0.4, -0.2) is 40.8 Å². The van der Waals surface area contributed by atoms with Crippen molar-refractivity contribution >= 4 is 11.5 Å². The predicted octanol–water partition coefficient (Wildman–Crippen LogP) is 3.29. The zero-order valence-electron chi connectivity index (χ0n) is 17.0. The molecule has 150 valence electrons. The summed E-state index contributed by atoms with van der Waals surface area (Å²) in [5, 5.41) is 8.26. The molecule has 1 saturated heterocycles. The second-order valence-electron chi connectivity index (χ2n) is 9.03. The fraction of sp³-hybridized carbons (Fsp3) is 0.500. The molecule has 5 nitrogen and oxygen atoms in total. The maximum atomic E-state index is 4.96. The Balaban J connectivity index is 1.48. The van der Waals surface area contributed by atoms with Crippen LogP contribution in [0.4, 0.5) is 5.82 Å². The van der Waals surface area contributed by atoms with Crippen LogP contribution in [-0.2, 0) is 24.7 Å². The van der Waals surface area contributed by atoms with Gasteiger partial charge in [-0.1, -0.05) is 24.3 Å². The molecule has 2 aliphatic heterocycles. The largest absolute Gasteiger partial charge is 0.355 e. The summed E-state index contributed by atoms with van der Waals surface area (Å²) in [5.74, 6) is 1.31. The topological polar surface area (TPSA) is 45.5 Å². The molecule has 1 aliphatic carbocycles. The van der Waals surface area contributed by atoms with Gasteiger partial charge in [0.2, 0.25) is 0 Å². The summed E-state index contributed by atoms with van der Waals surface area (Å²) in [6, 6.07) is 11.3. The lowest BCUT2D eigenvalue weighted by molar-refractivity contribution is 0.296. The number of anilines is 1. The van der Waals surface area contributed by atoms with Gasteiger partial charge in [-0.3, -0.25) is 0 Å². The maximum Gasteiger partial charge on any atom is 0.157 e. The van der Waals surface area contributed by atoms with E-state index in [4.69, 9.17) is 10.1 Å². The van der Waals surface area contributed by atoms with Gasteiger partial charge in [0, 0.05) is 43.1 Å². The summed E-state index contributed by atoms with van der Waals surface area (Å²) < 4.78 is 2.11. The Kier molecular flexibility index (Phi) is 4.12. The number of piperidine rings is 1. The van der Waals surface area contributed by atoms with Gasteiger partial charge in [-0.05, 0) is 56.2 Å². The van der Waals surface area contributed by atoms with Gasteiger partial charge in [-0.25, -0.2) is 4.98 Å². The van der Waals surface area contributed by atoms with Gasteiger partial charge in [0.05, 0.1) is 11.9 Å². The van der Waals surface area contributed by atoms with Crippen molar-refractivity contribution in [1.82, 2.24) is 19.9 Å². The SMILES string of the molecule is c1ccc2c(c1)CCCC21CCCN(c2c3c(nc4ccnn24)CCNCC3)C1. The lowest BCUT2D eigenvalue weighted by Gasteiger charge is -2.47. The molecule has 1 aromatic carbocycles. The molecule has 0 amide bonds. The average Bonchev–Trinajstić information content (AvgIpc) is 3.09. The highest BCUT2D eigenvalue weighted by atomic mass is 15.4. The first kappa shape index (κ1) is 17.5. The first-order valence-electron chi connectivity index (χ1n) is 11.2. The van der Waals surface area contributed by atoms with Crippen LogP contribution in [0.25, 0.3) is 5.65 Å². The summed E-state index contributed by atoms with van der Waals surface area (Å²) >= 11 is 0. The fourth-order valence-electron chi connectivity index (χ4n) is 6.08. The third-order valence-electron chi connectivity index (χ3n) is 7.35. The second kappa shape index (κ2) is 6.84. The molecule has 4 heterocycles. The minimum absolute atomic E-state index is 0.283. The van der Waals surface area contributed by atoms with Crippen LogP contribution < -0.4 is 10.2 Å². The van der Waals surface area contributed by atoms with E-state index in [2.05, 4.69) is 45.1 Å². The number of aryl methyl sites for hydroxylation is 1. The van der Waals surface area contributed by atoms with Crippen molar-refractivity contribution in [3.8, 4) is 0 Å². The van der Waals surface area contributed by atoms with E-state index in [0.29, 0.717) is 0 Å². The van der Waals surface area contributed by atoms with Crippen molar-refractivity contribution < 1.29 is 0 Å². The summed E-state index contributed by atoms with van der Waals surface area (Å²) in [6.45, 7) is 4.25. The van der Waals surface area contributed by atoms with E-state index in [1.54, 1.807) is 11.1 Å². The van der Waals surface area contributed by atoms with Gasteiger partial charge in [0.25, 0.3) is 0 Å². The van der Waals surface area contributed by atoms with Crippen molar-refractivity contribution in [2.75, 3.05) is 31.1 Å². The van der Waals surface area contributed by atoms with Crippen molar-refractivity contribution in [3.05, 3.63) is 58.9 Å². The van der Waals surface area contributed by atoms with Crippen LogP contribution in [0, 0.1) is 0 Å². The Labute approximate surface area is 172 Å². The molecule has 1 spiro atoms. The molecular weight excluding hydrogens is 358 g/mol. The van der Waals surface area contributed by atoms with Gasteiger partial charge >= 0.3 is 0 Å². The monoisotopic (exact) mass is 387 g/mol. The Hall–Kier alpha value is -2.40. The van der Waals surface area contributed by atoms with E-state index in [9.17, 15) is 0 Å². The summed E-state index contributed by atoms with van der Waals surface area (Å²) in [4.78, 5) is 7.62. The number of benzene rings is 1. The average molecular weight is 388 g/mol. The first-order chi connectivity index (χ1) is 14.3. The summed E-state index contributed by atoms with van der Waals surface area (Å²) in [6.07, 6.45) is 10.3. The summed E-state index contributed by atoms with van der Waals surface area (Å²) in [5.41, 5.74) is 7.13. The van der Waals surface area contributed by atoms with Crippen LogP contribution >= 0.6 is 0 Å². The van der Waals surface area contributed by atoms with Crippen LogP contribution in [0.1, 0.15) is 48.1 Å². The van der Waals surface area contributed by atoms with E-state index in [0.717, 1.165) is 44.7 Å². The van der Waals surface area contributed by atoms with E-state index in [-0.39, 0.29) is 5.41 Å². The Morgan fingerprint density at radius 1 is 0.966 bits per heavy atom. The molecule has 3 aromatic rings. The molecule has 3 aliphatic rings. The predicted molar refractivity (Wildman–Crippen MR) is 116 cm³/mol. The number of hydrogen-bond donors (Lipinski definition) is 1. The molecule has 1 N–H and O–H groups in total. The third-order valence-corrected chi connectivity index (χ3v) is 7.35. The Morgan fingerprint density at radius 2 is 1.86 bits per heavy atom. The number of rotatable bonds is 1. The molecule has 5 heteroatoms. The number of nitrogens with one attached hydrogen (secondary N) is 1. The molecule has 0 radical (unpaired) electrons. The van der Waals surface area contributed by atoms with E-state index < -0.39 is 0 Å². The zero-order chi connectivity index (χ0) is 19.3. The molecule has 1 atom stereocenters. The van der Waals surface area contributed by atoms with Crippen LogP contribution in [0.5, 0.6) is 0 Å². The highest BCUT2D eigenvalue weighted by Gasteiger charge is 2.41. The van der Waals surface area contributed by atoms with Crippen molar-refractivity contribution in [2.45, 2.75) is 50.4 Å². The summed E-state index contributed by atoms with van der Waals surface area (Å²) in [7, 11) is 0. The van der Waals surface area contributed by atoms with Crippen molar-refractivity contribution in [2.24, 2.45) is 0 Å². The van der Waals surface area contributed by atoms with Crippen LogP contribution in [0.15, 0.2) is 36.5 Å². The highest BCUT2D eigenvalue weighted by Crippen LogP contribution is 2.45. The second-order valence-corrected chi connectivity index (χ2v) is 9.03. The fourth-order valence-corrected chi connectivity index (χ4v) is 6.08. The quantitative estimate of drug-likeness (QED) is 0.696. The molecule has 1 fully saturated rings. The van der Waals surface area contributed by atoms with Crippen molar-refractivity contribution in [1.29, 1.82) is 0 Å². The van der Waals surface area contributed by atoms with Gasteiger partial charge in [-0.2, -0.15) is 9.61 Å². The molecular formula is C24H29N5. The Morgan fingerprint density at radius 3 is 2.86 bits per heavy atom. The van der Waals surface area contributed by atoms with Gasteiger partial charge < -0.3 is 10.2 Å².